The van der Waals surface area contributed by atoms with Gasteiger partial charge in [0.1, 0.15) is 18.1 Å². The third kappa shape index (κ3) is 4.80. The number of ether oxygens (including phenoxy) is 1. The van der Waals surface area contributed by atoms with Crippen LogP contribution in [0.1, 0.15) is 27.3 Å². The van der Waals surface area contributed by atoms with Crippen molar-refractivity contribution in [3.63, 3.8) is 0 Å². The molecular formula is C19H18ClN3O2S. The van der Waals surface area contributed by atoms with Crippen molar-refractivity contribution < 1.29 is 9.53 Å². The van der Waals surface area contributed by atoms with Crippen molar-refractivity contribution in [2.75, 3.05) is 6.54 Å². The van der Waals surface area contributed by atoms with Gasteiger partial charge in [-0.1, -0.05) is 29.8 Å². The van der Waals surface area contributed by atoms with E-state index in [2.05, 4.69) is 14.1 Å². The zero-order valence-electron chi connectivity index (χ0n) is 14.2. The molecule has 0 unspecified atom stereocenters. The van der Waals surface area contributed by atoms with Crippen LogP contribution in [0, 0.1) is 6.92 Å². The van der Waals surface area contributed by atoms with Crippen molar-refractivity contribution in [2.45, 2.75) is 20.0 Å². The van der Waals surface area contributed by atoms with E-state index in [0.717, 1.165) is 17.0 Å². The first kappa shape index (κ1) is 18.4. The fourth-order valence-corrected chi connectivity index (χ4v) is 3.13. The maximum Gasteiger partial charge on any atom is 0.251 e. The van der Waals surface area contributed by atoms with Gasteiger partial charge in [0.05, 0.1) is 17.4 Å². The van der Waals surface area contributed by atoms with E-state index in [-0.39, 0.29) is 5.91 Å². The summed E-state index contributed by atoms with van der Waals surface area (Å²) >= 11 is 7.29. The summed E-state index contributed by atoms with van der Waals surface area (Å²) in [5.74, 6) is 0.563. The van der Waals surface area contributed by atoms with E-state index in [1.807, 2.05) is 31.2 Å². The van der Waals surface area contributed by atoms with Crippen LogP contribution in [0.25, 0.3) is 0 Å². The van der Waals surface area contributed by atoms with Crippen LogP contribution < -0.4 is 10.1 Å². The van der Waals surface area contributed by atoms with Gasteiger partial charge in [0.25, 0.3) is 5.91 Å². The summed E-state index contributed by atoms with van der Waals surface area (Å²) in [6.07, 6.45) is 0.688. The highest BCUT2D eigenvalue weighted by molar-refractivity contribution is 6.99. The molecule has 5 nitrogen and oxygen atoms in total. The van der Waals surface area contributed by atoms with Gasteiger partial charge in [0.2, 0.25) is 0 Å². The van der Waals surface area contributed by atoms with E-state index in [4.69, 9.17) is 16.3 Å². The summed E-state index contributed by atoms with van der Waals surface area (Å²) in [6.45, 7) is 2.79. The fourth-order valence-electron chi connectivity index (χ4n) is 2.35. The molecule has 1 N–H and O–H groups in total. The third-order valence-corrected chi connectivity index (χ3v) is 4.90. The Hall–Kier alpha value is -2.44. The Labute approximate surface area is 161 Å². The molecule has 3 aromatic rings. The molecule has 0 bridgehead atoms. The van der Waals surface area contributed by atoms with Crippen LogP contribution in [0.5, 0.6) is 5.75 Å². The molecule has 0 aliphatic rings. The van der Waals surface area contributed by atoms with Crippen molar-refractivity contribution in [3.05, 3.63) is 76.1 Å². The monoisotopic (exact) mass is 387 g/mol. The summed E-state index contributed by atoms with van der Waals surface area (Å²) in [6, 6.07) is 14.7. The number of amides is 1. The lowest BCUT2D eigenvalue weighted by Gasteiger charge is -2.08. The molecule has 0 radical (unpaired) electrons. The zero-order valence-corrected chi connectivity index (χ0v) is 15.8. The predicted octanol–water partition coefficient (Wildman–Crippen LogP) is 4.05. The van der Waals surface area contributed by atoms with Crippen LogP contribution in [-0.4, -0.2) is 21.2 Å². The van der Waals surface area contributed by atoms with E-state index < -0.39 is 0 Å². The maximum atomic E-state index is 12.2. The molecule has 3 rings (SSSR count). The molecule has 0 atom stereocenters. The number of hydrogen-bond acceptors (Lipinski definition) is 5. The molecule has 0 saturated heterocycles. The van der Waals surface area contributed by atoms with Gasteiger partial charge in [-0.15, -0.1) is 0 Å². The van der Waals surface area contributed by atoms with Crippen LogP contribution in [-0.2, 0) is 13.0 Å². The largest absolute Gasteiger partial charge is 0.487 e. The second-order valence-electron chi connectivity index (χ2n) is 5.71. The number of aryl methyl sites for hydroxylation is 1. The lowest BCUT2D eigenvalue weighted by Crippen LogP contribution is -2.25. The normalized spacial score (nSPS) is 10.5. The van der Waals surface area contributed by atoms with Gasteiger partial charge >= 0.3 is 0 Å². The highest BCUT2D eigenvalue weighted by Gasteiger charge is 2.07. The standard InChI is InChI=1S/C19H18ClN3O2S/c1-13-18(23-26-22-13)12-25-16-8-6-15(7-9-16)19(24)21-11-10-14-4-2-3-5-17(14)20/h2-9H,10-12H2,1H3,(H,21,24). The fraction of sp³-hybridized carbons (Fsp3) is 0.211. The van der Waals surface area contributed by atoms with E-state index >= 15 is 0 Å². The summed E-state index contributed by atoms with van der Waals surface area (Å²) < 4.78 is 14.0. The first-order valence-corrected chi connectivity index (χ1v) is 9.27. The van der Waals surface area contributed by atoms with Crippen LogP contribution in [0.3, 0.4) is 0 Å². The molecule has 1 aromatic heterocycles. The molecule has 26 heavy (non-hydrogen) atoms. The van der Waals surface area contributed by atoms with E-state index in [1.54, 1.807) is 24.3 Å². The Morgan fingerprint density at radius 3 is 2.62 bits per heavy atom. The van der Waals surface area contributed by atoms with Crippen LogP contribution in [0.15, 0.2) is 48.5 Å². The highest BCUT2D eigenvalue weighted by Crippen LogP contribution is 2.16. The summed E-state index contributed by atoms with van der Waals surface area (Å²) in [5, 5.41) is 3.62. The molecule has 134 valence electrons. The number of carbonyl (C=O) groups is 1. The summed E-state index contributed by atoms with van der Waals surface area (Å²) in [7, 11) is 0. The SMILES string of the molecule is Cc1nsnc1COc1ccc(C(=O)NCCc2ccccc2Cl)cc1. The number of benzene rings is 2. The van der Waals surface area contributed by atoms with Gasteiger partial charge in [-0.05, 0) is 49.2 Å². The molecule has 0 aliphatic heterocycles. The number of rotatable bonds is 7. The minimum Gasteiger partial charge on any atom is -0.487 e. The van der Waals surface area contributed by atoms with Gasteiger partial charge in [-0.25, -0.2) is 0 Å². The van der Waals surface area contributed by atoms with Gasteiger partial charge in [0.15, 0.2) is 0 Å². The number of nitrogens with zero attached hydrogens (tertiary/aromatic N) is 2. The number of carbonyl (C=O) groups excluding carboxylic acids is 1. The number of hydrogen-bond donors (Lipinski definition) is 1. The molecule has 1 heterocycles. The Kier molecular flexibility index (Phi) is 6.20. The second kappa shape index (κ2) is 8.78. The van der Waals surface area contributed by atoms with Crippen molar-refractivity contribution in [3.8, 4) is 5.75 Å². The summed E-state index contributed by atoms with van der Waals surface area (Å²) in [4.78, 5) is 12.2. The molecule has 0 spiro atoms. The topological polar surface area (TPSA) is 64.1 Å². The van der Waals surface area contributed by atoms with Crippen molar-refractivity contribution in [1.82, 2.24) is 14.1 Å². The Balaban J connectivity index is 1.49. The van der Waals surface area contributed by atoms with Crippen LogP contribution in [0.2, 0.25) is 5.02 Å². The van der Waals surface area contributed by atoms with E-state index in [1.165, 1.54) is 11.7 Å². The van der Waals surface area contributed by atoms with Crippen molar-refractivity contribution in [2.24, 2.45) is 0 Å². The molecule has 2 aromatic carbocycles. The van der Waals surface area contributed by atoms with Crippen molar-refractivity contribution in [1.29, 1.82) is 0 Å². The Morgan fingerprint density at radius 1 is 1.15 bits per heavy atom. The van der Waals surface area contributed by atoms with E-state index in [9.17, 15) is 4.79 Å². The molecule has 1 amide bonds. The molecule has 0 saturated carbocycles. The quantitative estimate of drug-likeness (QED) is 0.664. The van der Waals surface area contributed by atoms with Crippen molar-refractivity contribution >= 4 is 29.2 Å². The highest BCUT2D eigenvalue weighted by atomic mass is 35.5. The van der Waals surface area contributed by atoms with Gasteiger partial charge in [-0.3, -0.25) is 4.79 Å². The first-order chi connectivity index (χ1) is 12.6. The van der Waals surface area contributed by atoms with Gasteiger partial charge in [0, 0.05) is 17.1 Å². The Bertz CT molecular complexity index is 881. The van der Waals surface area contributed by atoms with Gasteiger partial charge < -0.3 is 10.1 Å². The van der Waals surface area contributed by atoms with Crippen LogP contribution >= 0.6 is 23.3 Å². The van der Waals surface area contributed by atoms with Gasteiger partial charge in [-0.2, -0.15) is 8.75 Å². The minimum atomic E-state index is -0.122. The maximum absolute atomic E-state index is 12.2. The molecule has 7 heteroatoms. The number of halogens is 1. The predicted molar refractivity (Wildman–Crippen MR) is 103 cm³/mol. The van der Waals surface area contributed by atoms with E-state index in [0.29, 0.717) is 35.9 Å². The second-order valence-corrected chi connectivity index (χ2v) is 6.64. The molecule has 0 aliphatic carbocycles. The number of aromatic nitrogens is 2. The lowest BCUT2D eigenvalue weighted by atomic mass is 10.1. The third-order valence-electron chi connectivity index (χ3n) is 3.88. The molecule has 0 fully saturated rings. The molecular weight excluding hydrogens is 370 g/mol. The first-order valence-electron chi connectivity index (χ1n) is 8.16. The smallest absolute Gasteiger partial charge is 0.251 e. The zero-order chi connectivity index (χ0) is 18.4. The average molecular weight is 388 g/mol. The van der Waals surface area contributed by atoms with Crippen LogP contribution in [0.4, 0.5) is 0 Å². The number of nitrogens with one attached hydrogen (secondary N) is 1. The summed E-state index contributed by atoms with van der Waals surface area (Å²) in [5.41, 5.74) is 3.31. The minimum absolute atomic E-state index is 0.122. The Morgan fingerprint density at radius 2 is 1.92 bits per heavy atom. The average Bonchev–Trinajstić information content (AvgIpc) is 3.07. The lowest BCUT2D eigenvalue weighted by molar-refractivity contribution is 0.0954.